The van der Waals surface area contributed by atoms with Crippen LogP contribution in [0.5, 0.6) is 0 Å². The van der Waals surface area contributed by atoms with Crippen molar-refractivity contribution in [2.24, 2.45) is 11.8 Å². The molecule has 7 nitrogen and oxygen atoms in total. The molecule has 1 rings (SSSR count). The summed E-state index contributed by atoms with van der Waals surface area (Å²) in [6.45, 7) is 19.3. The van der Waals surface area contributed by atoms with E-state index in [1.54, 1.807) is 31.7 Å². The van der Waals surface area contributed by atoms with E-state index in [2.05, 4.69) is 37.3 Å². The number of benzene rings is 1. The van der Waals surface area contributed by atoms with Crippen molar-refractivity contribution in [3.8, 4) is 12.3 Å². The van der Waals surface area contributed by atoms with E-state index in [4.69, 9.17) is 11.2 Å². The molecule has 4 unspecified atom stereocenters. The third kappa shape index (κ3) is 10.9. The highest BCUT2D eigenvalue weighted by Gasteiger charge is 2.40. The molecular formula is C32H51N3O4. The van der Waals surface area contributed by atoms with Crippen LogP contribution < -0.4 is 10.6 Å². The molecule has 39 heavy (non-hydrogen) atoms. The number of alkyl carbamates (subject to hydrolysis) is 1. The minimum absolute atomic E-state index is 0.0771. The maximum atomic E-state index is 14.4. The van der Waals surface area contributed by atoms with Crippen molar-refractivity contribution >= 4 is 17.9 Å². The number of hydrogen-bond acceptors (Lipinski definition) is 4. The Labute approximate surface area is 236 Å². The van der Waals surface area contributed by atoms with Crippen LogP contribution in [0.25, 0.3) is 0 Å². The number of carbonyl (C=O) groups excluding carboxylic acids is 3. The van der Waals surface area contributed by atoms with E-state index >= 15 is 0 Å². The first-order chi connectivity index (χ1) is 18.1. The lowest BCUT2D eigenvalue weighted by molar-refractivity contribution is -0.146. The van der Waals surface area contributed by atoms with Crippen molar-refractivity contribution < 1.29 is 19.1 Å². The molecule has 4 atom stereocenters. The monoisotopic (exact) mass is 541 g/mol. The van der Waals surface area contributed by atoms with Gasteiger partial charge in [-0.2, -0.15) is 0 Å². The van der Waals surface area contributed by atoms with Crippen molar-refractivity contribution in [1.29, 1.82) is 0 Å². The summed E-state index contributed by atoms with van der Waals surface area (Å²) >= 11 is 0. The van der Waals surface area contributed by atoms with Gasteiger partial charge in [-0.3, -0.25) is 9.59 Å². The summed E-state index contributed by atoms with van der Waals surface area (Å²) in [6, 6.07) is 5.00. The fourth-order valence-corrected chi connectivity index (χ4v) is 4.53. The SMILES string of the molecule is C#Cc1ccccc1C(C(=O)NC(C)CCC)N(C(=O)C(NC(=O)OC(C)(C)C)C(C)C)C(C)CCC(C)C. The molecule has 0 aliphatic heterocycles. The van der Waals surface area contributed by atoms with Crippen LogP contribution in [0.3, 0.4) is 0 Å². The lowest BCUT2D eigenvalue weighted by Crippen LogP contribution is -2.57. The molecule has 0 radical (unpaired) electrons. The van der Waals surface area contributed by atoms with E-state index in [1.807, 2.05) is 45.9 Å². The second-order valence-corrected chi connectivity index (χ2v) is 12.3. The summed E-state index contributed by atoms with van der Waals surface area (Å²) in [7, 11) is 0. The van der Waals surface area contributed by atoms with Crippen LogP contribution in [0.1, 0.15) is 112 Å². The second kappa shape index (κ2) is 15.5. The Bertz CT molecular complexity index is 990. The number of ether oxygens (including phenoxy) is 1. The molecule has 2 N–H and O–H groups in total. The van der Waals surface area contributed by atoms with Gasteiger partial charge in [0.2, 0.25) is 11.8 Å². The molecule has 0 bridgehead atoms. The van der Waals surface area contributed by atoms with Gasteiger partial charge in [-0.1, -0.05) is 65.2 Å². The van der Waals surface area contributed by atoms with E-state index in [0.717, 1.165) is 19.3 Å². The lowest BCUT2D eigenvalue weighted by Gasteiger charge is -2.40. The predicted octanol–water partition coefficient (Wildman–Crippen LogP) is 6.22. The number of hydrogen-bond donors (Lipinski definition) is 2. The van der Waals surface area contributed by atoms with E-state index < -0.39 is 23.8 Å². The number of nitrogens with one attached hydrogen (secondary N) is 2. The molecule has 0 aromatic heterocycles. The van der Waals surface area contributed by atoms with Gasteiger partial charge in [0.1, 0.15) is 17.7 Å². The number of terminal acetylenes is 1. The Morgan fingerprint density at radius 3 is 2.10 bits per heavy atom. The molecule has 0 fully saturated rings. The maximum absolute atomic E-state index is 14.4. The molecule has 7 heteroatoms. The Balaban J connectivity index is 3.71. The maximum Gasteiger partial charge on any atom is 0.408 e. The third-order valence-corrected chi connectivity index (χ3v) is 6.54. The first-order valence-corrected chi connectivity index (χ1v) is 14.3. The zero-order chi connectivity index (χ0) is 29.9. The smallest absolute Gasteiger partial charge is 0.408 e. The topological polar surface area (TPSA) is 87.7 Å². The summed E-state index contributed by atoms with van der Waals surface area (Å²) in [5.41, 5.74) is 0.421. The fraction of sp³-hybridized carbons (Fsp3) is 0.656. The molecule has 3 amide bonds. The average Bonchev–Trinajstić information content (AvgIpc) is 2.82. The highest BCUT2D eigenvalue weighted by molar-refractivity contribution is 5.93. The van der Waals surface area contributed by atoms with Crippen LogP contribution in [-0.4, -0.2) is 46.5 Å². The molecule has 1 aromatic rings. The fourth-order valence-electron chi connectivity index (χ4n) is 4.53. The molecule has 0 aliphatic carbocycles. The minimum atomic E-state index is -0.965. The van der Waals surface area contributed by atoms with Crippen molar-refractivity contribution in [3.05, 3.63) is 35.4 Å². The number of amides is 3. The molecule has 1 aromatic carbocycles. The van der Waals surface area contributed by atoms with E-state index in [9.17, 15) is 14.4 Å². The van der Waals surface area contributed by atoms with Crippen LogP contribution >= 0.6 is 0 Å². The standard InChI is InChI=1S/C32H51N3O4/c1-12-16-23(7)33-29(36)28(26-18-15-14-17-25(26)13-2)35(24(8)20-19-21(3)4)30(37)27(22(5)6)34-31(38)39-32(9,10)11/h2,14-15,17-18,21-24,27-28H,12,16,19-20H2,1,3-11H3,(H,33,36)(H,34,38). The lowest BCUT2D eigenvalue weighted by atomic mass is 9.92. The summed E-state index contributed by atoms with van der Waals surface area (Å²) in [6.07, 6.45) is 8.46. The van der Waals surface area contributed by atoms with Crippen LogP contribution in [0.4, 0.5) is 4.79 Å². The van der Waals surface area contributed by atoms with Gasteiger partial charge in [-0.25, -0.2) is 4.79 Å². The zero-order valence-corrected chi connectivity index (χ0v) is 25.8. The number of nitrogens with zero attached hydrogens (tertiary/aromatic N) is 1. The minimum Gasteiger partial charge on any atom is -0.444 e. The van der Waals surface area contributed by atoms with Gasteiger partial charge >= 0.3 is 6.09 Å². The molecule has 0 aliphatic rings. The normalized spacial score (nSPS) is 14.6. The van der Waals surface area contributed by atoms with Crippen LogP contribution in [0.2, 0.25) is 0 Å². The molecule has 218 valence electrons. The van der Waals surface area contributed by atoms with E-state index in [1.165, 1.54) is 0 Å². The van der Waals surface area contributed by atoms with Gasteiger partial charge in [-0.05, 0) is 77.3 Å². The van der Waals surface area contributed by atoms with Gasteiger partial charge in [0.15, 0.2) is 0 Å². The Hall–Kier alpha value is -3.01. The summed E-state index contributed by atoms with van der Waals surface area (Å²) < 4.78 is 5.47. The molecule has 0 spiro atoms. The molecule has 0 saturated carbocycles. The van der Waals surface area contributed by atoms with Crippen molar-refractivity contribution in [1.82, 2.24) is 15.5 Å². The van der Waals surface area contributed by atoms with Gasteiger partial charge in [0.05, 0.1) is 0 Å². The summed E-state index contributed by atoms with van der Waals surface area (Å²) in [5.74, 6) is 2.22. The van der Waals surface area contributed by atoms with Crippen molar-refractivity contribution in [2.75, 3.05) is 0 Å². The highest BCUT2D eigenvalue weighted by atomic mass is 16.6. The molecule has 0 saturated heterocycles. The zero-order valence-electron chi connectivity index (χ0n) is 25.8. The second-order valence-electron chi connectivity index (χ2n) is 12.3. The van der Waals surface area contributed by atoms with Crippen LogP contribution in [0.15, 0.2) is 24.3 Å². The summed E-state index contributed by atoms with van der Waals surface area (Å²) in [5, 5.41) is 5.90. The quantitative estimate of drug-likeness (QED) is 0.290. The first-order valence-electron chi connectivity index (χ1n) is 14.3. The van der Waals surface area contributed by atoms with Crippen molar-refractivity contribution in [3.63, 3.8) is 0 Å². The number of carbonyl (C=O) groups is 3. The van der Waals surface area contributed by atoms with Crippen molar-refractivity contribution in [2.45, 2.75) is 125 Å². The first kappa shape index (κ1) is 34.0. The third-order valence-electron chi connectivity index (χ3n) is 6.54. The Morgan fingerprint density at radius 2 is 1.59 bits per heavy atom. The Morgan fingerprint density at radius 1 is 0.974 bits per heavy atom. The Kier molecular flexibility index (Phi) is 13.6. The predicted molar refractivity (Wildman–Crippen MR) is 158 cm³/mol. The molecule has 0 heterocycles. The number of rotatable bonds is 13. The summed E-state index contributed by atoms with van der Waals surface area (Å²) in [4.78, 5) is 42.8. The molecular weight excluding hydrogens is 490 g/mol. The van der Waals surface area contributed by atoms with Gasteiger partial charge in [-0.15, -0.1) is 6.42 Å². The van der Waals surface area contributed by atoms with Crippen LogP contribution in [0, 0.1) is 24.2 Å². The van der Waals surface area contributed by atoms with Gasteiger partial charge < -0.3 is 20.3 Å². The van der Waals surface area contributed by atoms with E-state index in [-0.39, 0.29) is 29.8 Å². The highest BCUT2D eigenvalue weighted by Crippen LogP contribution is 2.30. The van der Waals surface area contributed by atoms with Crippen LogP contribution in [-0.2, 0) is 14.3 Å². The average molecular weight is 542 g/mol. The van der Waals surface area contributed by atoms with Gasteiger partial charge in [0, 0.05) is 17.6 Å². The van der Waals surface area contributed by atoms with E-state index in [0.29, 0.717) is 23.5 Å². The largest absolute Gasteiger partial charge is 0.444 e. The van der Waals surface area contributed by atoms with Gasteiger partial charge in [0.25, 0.3) is 0 Å².